The van der Waals surface area contributed by atoms with Gasteiger partial charge in [-0.15, -0.1) is 0 Å². The minimum atomic E-state index is -0.272. The number of likely N-dealkylation sites (tertiary alicyclic amines) is 1. The Morgan fingerprint density at radius 2 is 1.58 bits per heavy atom. The van der Waals surface area contributed by atoms with E-state index in [1.807, 2.05) is 4.90 Å². The summed E-state index contributed by atoms with van der Waals surface area (Å²) >= 11 is 0. The van der Waals surface area contributed by atoms with E-state index >= 15 is 0 Å². The zero-order valence-corrected chi connectivity index (χ0v) is 14.0. The van der Waals surface area contributed by atoms with Crippen molar-refractivity contribution in [1.29, 1.82) is 0 Å². The molecule has 1 aromatic rings. The van der Waals surface area contributed by atoms with Gasteiger partial charge in [0.1, 0.15) is 5.82 Å². The Morgan fingerprint density at radius 3 is 2.21 bits per heavy atom. The fourth-order valence-electron chi connectivity index (χ4n) is 3.73. The van der Waals surface area contributed by atoms with Crippen LogP contribution in [0.15, 0.2) is 24.3 Å². The van der Waals surface area contributed by atoms with E-state index in [1.54, 1.807) is 12.1 Å². The molecule has 130 valence electrons. The number of carbonyl (C=O) groups excluding carboxylic acids is 2. The molecule has 2 fully saturated rings. The second kappa shape index (κ2) is 7.77. The zero-order valence-electron chi connectivity index (χ0n) is 14.0. The van der Waals surface area contributed by atoms with Crippen LogP contribution in [-0.4, -0.2) is 29.8 Å². The molecule has 1 saturated heterocycles. The number of nitrogens with zero attached hydrogens (tertiary/aromatic N) is 1. The van der Waals surface area contributed by atoms with Crippen LogP contribution in [0.1, 0.15) is 44.1 Å². The predicted molar refractivity (Wildman–Crippen MR) is 89.5 cm³/mol. The SMILES string of the molecule is O=C(NCc1ccc(F)cc1)C1CCC(C(=O)N2CCCC2)CC1. The molecule has 2 aliphatic rings. The van der Waals surface area contributed by atoms with Crippen molar-refractivity contribution in [2.24, 2.45) is 11.8 Å². The fourth-order valence-corrected chi connectivity index (χ4v) is 3.73. The first-order valence-corrected chi connectivity index (χ1v) is 8.94. The summed E-state index contributed by atoms with van der Waals surface area (Å²) in [5.74, 6) is 0.160. The third-order valence-corrected chi connectivity index (χ3v) is 5.24. The molecule has 5 heteroatoms. The van der Waals surface area contributed by atoms with Gasteiger partial charge in [0.25, 0.3) is 0 Å². The van der Waals surface area contributed by atoms with Crippen molar-refractivity contribution in [2.75, 3.05) is 13.1 Å². The van der Waals surface area contributed by atoms with Gasteiger partial charge in [0.05, 0.1) is 0 Å². The number of amides is 2. The van der Waals surface area contributed by atoms with E-state index in [0.29, 0.717) is 6.54 Å². The highest BCUT2D eigenvalue weighted by atomic mass is 19.1. The van der Waals surface area contributed by atoms with Crippen molar-refractivity contribution in [3.05, 3.63) is 35.6 Å². The molecule has 24 heavy (non-hydrogen) atoms. The van der Waals surface area contributed by atoms with Crippen LogP contribution in [0.2, 0.25) is 0 Å². The van der Waals surface area contributed by atoms with E-state index in [4.69, 9.17) is 0 Å². The lowest BCUT2D eigenvalue weighted by molar-refractivity contribution is -0.137. The minimum absolute atomic E-state index is 0.00641. The number of hydrogen-bond donors (Lipinski definition) is 1. The van der Waals surface area contributed by atoms with Gasteiger partial charge < -0.3 is 10.2 Å². The van der Waals surface area contributed by atoms with Gasteiger partial charge in [-0.1, -0.05) is 12.1 Å². The smallest absolute Gasteiger partial charge is 0.225 e. The third-order valence-electron chi connectivity index (χ3n) is 5.24. The summed E-state index contributed by atoms with van der Waals surface area (Å²) in [6.07, 6.45) is 5.41. The van der Waals surface area contributed by atoms with E-state index in [2.05, 4.69) is 5.32 Å². The number of rotatable bonds is 4. The van der Waals surface area contributed by atoms with Gasteiger partial charge in [-0.05, 0) is 56.2 Å². The molecule has 1 saturated carbocycles. The quantitative estimate of drug-likeness (QED) is 0.922. The fraction of sp³-hybridized carbons (Fsp3) is 0.579. The lowest BCUT2D eigenvalue weighted by atomic mass is 9.81. The molecule has 0 aromatic heterocycles. The molecule has 0 unspecified atom stereocenters. The molecular formula is C19H25FN2O2. The average molecular weight is 332 g/mol. The van der Waals surface area contributed by atoms with Crippen LogP contribution in [0, 0.1) is 17.7 Å². The lowest BCUT2D eigenvalue weighted by Gasteiger charge is -2.29. The van der Waals surface area contributed by atoms with Crippen molar-refractivity contribution < 1.29 is 14.0 Å². The maximum atomic E-state index is 12.9. The number of benzene rings is 1. The Hall–Kier alpha value is -1.91. The van der Waals surface area contributed by atoms with Crippen LogP contribution >= 0.6 is 0 Å². The summed E-state index contributed by atoms with van der Waals surface area (Å²) in [6.45, 7) is 2.22. The molecule has 0 radical (unpaired) electrons. The summed E-state index contributed by atoms with van der Waals surface area (Å²) in [7, 11) is 0. The molecule has 1 N–H and O–H groups in total. The topological polar surface area (TPSA) is 49.4 Å². The summed E-state index contributed by atoms with van der Waals surface area (Å²) in [6, 6.07) is 6.16. The van der Waals surface area contributed by atoms with Crippen molar-refractivity contribution in [3.8, 4) is 0 Å². The van der Waals surface area contributed by atoms with Crippen molar-refractivity contribution in [3.63, 3.8) is 0 Å². The van der Waals surface area contributed by atoms with Gasteiger partial charge >= 0.3 is 0 Å². The van der Waals surface area contributed by atoms with Crippen LogP contribution in [0.4, 0.5) is 4.39 Å². The Kier molecular flexibility index (Phi) is 5.48. The normalized spacial score (nSPS) is 24.0. The largest absolute Gasteiger partial charge is 0.352 e. The second-order valence-electron chi connectivity index (χ2n) is 6.93. The maximum absolute atomic E-state index is 12.9. The lowest BCUT2D eigenvalue weighted by Crippen LogP contribution is -2.38. The number of hydrogen-bond acceptors (Lipinski definition) is 2. The highest BCUT2D eigenvalue weighted by molar-refractivity contribution is 5.81. The molecule has 3 rings (SSSR count). The number of carbonyl (C=O) groups is 2. The molecule has 1 aromatic carbocycles. The van der Waals surface area contributed by atoms with Crippen LogP contribution in [0.5, 0.6) is 0 Å². The predicted octanol–water partition coefficient (Wildman–Crippen LogP) is 2.87. The summed E-state index contributed by atoms with van der Waals surface area (Å²) < 4.78 is 12.9. The summed E-state index contributed by atoms with van der Waals surface area (Å²) in [5, 5.41) is 2.93. The van der Waals surface area contributed by atoms with Crippen molar-refractivity contribution in [2.45, 2.75) is 45.1 Å². The average Bonchev–Trinajstić information content (AvgIpc) is 3.15. The van der Waals surface area contributed by atoms with E-state index in [-0.39, 0.29) is 29.5 Å². The van der Waals surface area contributed by atoms with Crippen LogP contribution in [0.25, 0.3) is 0 Å². The molecule has 0 atom stereocenters. The standard InChI is InChI=1S/C19H25FN2O2/c20-17-9-3-14(4-10-17)13-21-18(23)15-5-7-16(8-6-15)19(24)22-11-1-2-12-22/h3-4,9-10,15-16H,1-2,5-8,11-13H2,(H,21,23). The summed E-state index contributed by atoms with van der Waals surface area (Å²) in [5.41, 5.74) is 0.891. The second-order valence-corrected chi connectivity index (χ2v) is 6.93. The van der Waals surface area contributed by atoms with E-state index in [1.165, 1.54) is 12.1 Å². The Morgan fingerprint density at radius 1 is 1.00 bits per heavy atom. The van der Waals surface area contributed by atoms with Gasteiger partial charge in [0, 0.05) is 31.5 Å². The van der Waals surface area contributed by atoms with E-state index in [0.717, 1.165) is 57.2 Å². The van der Waals surface area contributed by atoms with Crippen LogP contribution in [0.3, 0.4) is 0 Å². The first-order chi connectivity index (χ1) is 11.6. The molecule has 2 amide bonds. The number of halogens is 1. The third kappa shape index (κ3) is 4.13. The first kappa shape index (κ1) is 16.9. The molecular weight excluding hydrogens is 307 g/mol. The monoisotopic (exact) mass is 332 g/mol. The summed E-state index contributed by atoms with van der Waals surface area (Å²) in [4.78, 5) is 26.7. The molecule has 1 aliphatic heterocycles. The number of nitrogens with one attached hydrogen (secondary N) is 1. The maximum Gasteiger partial charge on any atom is 0.225 e. The van der Waals surface area contributed by atoms with Gasteiger partial charge in [-0.2, -0.15) is 0 Å². The van der Waals surface area contributed by atoms with Crippen LogP contribution in [-0.2, 0) is 16.1 Å². The molecule has 1 aliphatic carbocycles. The molecule has 1 heterocycles. The van der Waals surface area contributed by atoms with E-state index < -0.39 is 0 Å². The van der Waals surface area contributed by atoms with Crippen LogP contribution < -0.4 is 5.32 Å². The van der Waals surface area contributed by atoms with E-state index in [9.17, 15) is 14.0 Å². The molecule has 0 bridgehead atoms. The zero-order chi connectivity index (χ0) is 16.9. The highest BCUT2D eigenvalue weighted by Crippen LogP contribution is 2.31. The highest BCUT2D eigenvalue weighted by Gasteiger charge is 2.32. The molecule has 0 spiro atoms. The van der Waals surface area contributed by atoms with Gasteiger partial charge in [0.2, 0.25) is 11.8 Å². The van der Waals surface area contributed by atoms with Crippen molar-refractivity contribution >= 4 is 11.8 Å². The molecule has 4 nitrogen and oxygen atoms in total. The van der Waals surface area contributed by atoms with Crippen molar-refractivity contribution in [1.82, 2.24) is 10.2 Å². The first-order valence-electron chi connectivity index (χ1n) is 8.94. The Balaban J connectivity index is 1.43. The van der Waals surface area contributed by atoms with Gasteiger partial charge in [-0.25, -0.2) is 4.39 Å². The Labute approximate surface area is 142 Å². The minimum Gasteiger partial charge on any atom is -0.352 e. The Bertz CT molecular complexity index is 574. The van der Waals surface area contributed by atoms with Gasteiger partial charge in [0.15, 0.2) is 0 Å². The van der Waals surface area contributed by atoms with Gasteiger partial charge in [-0.3, -0.25) is 9.59 Å².